The molecule has 1 aliphatic rings. The Balaban J connectivity index is 2.07. The molecule has 21 heavy (non-hydrogen) atoms. The predicted molar refractivity (Wildman–Crippen MR) is 82.7 cm³/mol. The molecular weight excluding hydrogens is 268 g/mol. The van der Waals surface area contributed by atoms with Gasteiger partial charge in [-0.05, 0) is 44.4 Å². The van der Waals surface area contributed by atoms with Gasteiger partial charge in [-0.2, -0.15) is 0 Å². The van der Waals surface area contributed by atoms with Crippen LogP contribution in [0.5, 0.6) is 11.5 Å². The quantitative estimate of drug-likeness (QED) is 0.844. The topological polar surface area (TPSA) is 73.6 Å². The van der Waals surface area contributed by atoms with Crippen molar-refractivity contribution >= 4 is 11.6 Å². The molecule has 1 fully saturated rings. The second kappa shape index (κ2) is 7.31. The van der Waals surface area contributed by atoms with Crippen LogP contribution in [0, 0.1) is 11.8 Å². The van der Waals surface area contributed by atoms with Crippen molar-refractivity contribution in [1.82, 2.24) is 0 Å². The summed E-state index contributed by atoms with van der Waals surface area (Å²) in [6, 6.07) is 5.43. The van der Waals surface area contributed by atoms with Crippen molar-refractivity contribution in [2.75, 3.05) is 25.6 Å². The smallest absolute Gasteiger partial charge is 0.227 e. The van der Waals surface area contributed by atoms with Crippen LogP contribution in [0.15, 0.2) is 18.2 Å². The van der Waals surface area contributed by atoms with Gasteiger partial charge in [0.15, 0.2) is 11.5 Å². The van der Waals surface area contributed by atoms with Crippen LogP contribution in [-0.4, -0.2) is 26.2 Å². The van der Waals surface area contributed by atoms with Gasteiger partial charge in [0.1, 0.15) is 0 Å². The fourth-order valence-electron chi connectivity index (χ4n) is 2.92. The highest BCUT2D eigenvalue weighted by Gasteiger charge is 2.31. The van der Waals surface area contributed by atoms with Gasteiger partial charge in [-0.1, -0.05) is 6.42 Å². The Labute approximate surface area is 125 Å². The molecule has 0 bridgehead atoms. The molecule has 0 heterocycles. The molecule has 0 aromatic heterocycles. The molecule has 1 aliphatic carbocycles. The number of benzene rings is 1. The summed E-state index contributed by atoms with van der Waals surface area (Å²) in [5.41, 5.74) is 6.46. The van der Waals surface area contributed by atoms with Crippen molar-refractivity contribution in [2.24, 2.45) is 17.6 Å². The van der Waals surface area contributed by atoms with E-state index < -0.39 is 0 Å². The lowest BCUT2D eigenvalue weighted by Gasteiger charge is -2.18. The molecule has 116 valence electrons. The van der Waals surface area contributed by atoms with Crippen LogP contribution >= 0.6 is 0 Å². The molecule has 0 radical (unpaired) electrons. The number of nitrogens with one attached hydrogen (secondary N) is 1. The Kier molecular flexibility index (Phi) is 5.44. The standard InChI is InChI=1S/C16H24N2O3/c1-3-21-14-8-7-12(9-15(14)20-2)18-16(19)13-6-4-5-11(13)10-17/h7-9,11,13H,3-6,10,17H2,1-2H3,(H,18,19)/t11-,13-/m1/s1. The van der Waals surface area contributed by atoms with Gasteiger partial charge in [-0.3, -0.25) is 4.79 Å². The maximum atomic E-state index is 12.4. The Morgan fingerprint density at radius 3 is 2.86 bits per heavy atom. The van der Waals surface area contributed by atoms with Crippen molar-refractivity contribution in [1.29, 1.82) is 0 Å². The molecule has 1 aromatic rings. The number of carbonyl (C=O) groups is 1. The Morgan fingerprint density at radius 1 is 1.38 bits per heavy atom. The molecule has 2 rings (SSSR count). The largest absolute Gasteiger partial charge is 0.493 e. The Bertz CT molecular complexity index is 490. The highest BCUT2D eigenvalue weighted by molar-refractivity contribution is 5.93. The van der Waals surface area contributed by atoms with Crippen molar-refractivity contribution in [2.45, 2.75) is 26.2 Å². The van der Waals surface area contributed by atoms with Crippen LogP contribution in [0.25, 0.3) is 0 Å². The van der Waals surface area contributed by atoms with Crippen LogP contribution < -0.4 is 20.5 Å². The maximum absolute atomic E-state index is 12.4. The molecule has 1 aromatic carbocycles. The van der Waals surface area contributed by atoms with Gasteiger partial charge in [0.25, 0.3) is 0 Å². The number of carbonyl (C=O) groups excluding carboxylic acids is 1. The molecule has 2 atom stereocenters. The SMILES string of the molecule is CCOc1ccc(NC(=O)[C@@H]2CCC[C@@H]2CN)cc1OC. The van der Waals surface area contributed by atoms with E-state index in [0.29, 0.717) is 30.6 Å². The monoisotopic (exact) mass is 292 g/mol. The molecule has 0 saturated heterocycles. The van der Waals surface area contributed by atoms with Gasteiger partial charge >= 0.3 is 0 Å². The van der Waals surface area contributed by atoms with Gasteiger partial charge < -0.3 is 20.5 Å². The zero-order chi connectivity index (χ0) is 15.2. The van der Waals surface area contributed by atoms with Gasteiger partial charge in [-0.15, -0.1) is 0 Å². The lowest BCUT2D eigenvalue weighted by Crippen LogP contribution is -2.29. The van der Waals surface area contributed by atoms with E-state index in [2.05, 4.69) is 5.32 Å². The molecule has 0 spiro atoms. The average Bonchev–Trinajstić information content (AvgIpc) is 2.97. The van der Waals surface area contributed by atoms with Gasteiger partial charge in [-0.25, -0.2) is 0 Å². The van der Waals surface area contributed by atoms with E-state index in [4.69, 9.17) is 15.2 Å². The lowest BCUT2D eigenvalue weighted by atomic mass is 9.95. The predicted octanol–water partition coefficient (Wildman–Crippen LogP) is 2.41. The van der Waals surface area contributed by atoms with E-state index in [1.54, 1.807) is 13.2 Å². The third kappa shape index (κ3) is 3.67. The van der Waals surface area contributed by atoms with Crippen LogP contribution in [0.2, 0.25) is 0 Å². The summed E-state index contributed by atoms with van der Waals surface area (Å²) in [7, 11) is 1.59. The van der Waals surface area contributed by atoms with Crippen molar-refractivity contribution in [3.8, 4) is 11.5 Å². The summed E-state index contributed by atoms with van der Waals surface area (Å²) >= 11 is 0. The van der Waals surface area contributed by atoms with Gasteiger partial charge in [0.2, 0.25) is 5.91 Å². The van der Waals surface area contributed by atoms with E-state index in [9.17, 15) is 4.79 Å². The number of hydrogen-bond acceptors (Lipinski definition) is 4. The molecule has 1 saturated carbocycles. The minimum atomic E-state index is 0.0209. The summed E-state index contributed by atoms with van der Waals surface area (Å²) in [5.74, 6) is 1.67. The van der Waals surface area contributed by atoms with Crippen LogP contribution in [0.4, 0.5) is 5.69 Å². The second-order valence-electron chi connectivity index (χ2n) is 5.32. The van der Waals surface area contributed by atoms with E-state index >= 15 is 0 Å². The van der Waals surface area contributed by atoms with Gasteiger partial charge in [0.05, 0.1) is 13.7 Å². The normalized spacial score (nSPS) is 21.1. The van der Waals surface area contributed by atoms with Gasteiger partial charge in [0, 0.05) is 17.7 Å². The van der Waals surface area contributed by atoms with Crippen molar-refractivity contribution in [3.63, 3.8) is 0 Å². The molecule has 3 N–H and O–H groups in total. The van der Waals surface area contributed by atoms with E-state index in [1.165, 1.54) is 0 Å². The molecular formula is C16H24N2O3. The van der Waals surface area contributed by atoms with Crippen LogP contribution in [0.1, 0.15) is 26.2 Å². The minimum Gasteiger partial charge on any atom is -0.493 e. The Hall–Kier alpha value is -1.75. The summed E-state index contributed by atoms with van der Waals surface area (Å²) in [5, 5.41) is 2.96. The molecule has 0 unspecified atom stereocenters. The minimum absolute atomic E-state index is 0.0209. The number of anilines is 1. The summed E-state index contributed by atoms with van der Waals surface area (Å²) in [6.07, 6.45) is 3.04. The third-order valence-corrected chi connectivity index (χ3v) is 4.03. The average molecular weight is 292 g/mol. The number of amides is 1. The fraction of sp³-hybridized carbons (Fsp3) is 0.562. The first-order chi connectivity index (χ1) is 10.2. The first-order valence-corrected chi connectivity index (χ1v) is 7.51. The van der Waals surface area contributed by atoms with Crippen molar-refractivity contribution in [3.05, 3.63) is 18.2 Å². The zero-order valence-electron chi connectivity index (χ0n) is 12.7. The number of ether oxygens (including phenoxy) is 2. The molecule has 5 heteroatoms. The van der Waals surface area contributed by atoms with E-state index in [1.807, 2.05) is 19.1 Å². The molecule has 0 aliphatic heterocycles. The van der Waals surface area contributed by atoms with E-state index in [-0.39, 0.29) is 11.8 Å². The fourth-order valence-corrected chi connectivity index (χ4v) is 2.92. The zero-order valence-corrected chi connectivity index (χ0v) is 12.7. The highest BCUT2D eigenvalue weighted by atomic mass is 16.5. The number of rotatable bonds is 6. The second-order valence-corrected chi connectivity index (χ2v) is 5.32. The number of hydrogen-bond donors (Lipinski definition) is 2. The van der Waals surface area contributed by atoms with Crippen molar-refractivity contribution < 1.29 is 14.3 Å². The lowest BCUT2D eigenvalue weighted by molar-refractivity contribution is -0.120. The van der Waals surface area contributed by atoms with Crippen LogP contribution in [0.3, 0.4) is 0 Å². The first kappa shape index (κ1) is 15.6. The summed E-state index contributed by atoms with van der Waals surface area (Å²) in [4.78, 5) is 12.4. The number of nitrogens with two attached hydrogens (primary N) is 1. The highest BCUT2D eigenvalue weighted by Crippen LogP contribution is 2.33. The van der Waals surface area contributed by atoms with Crippen LogP contribution in [-0.2, 0) is 4.79 Å². The Morgan fingerprint density at radius 2 is 2.19 bits per heavy atom. The number of methoxy groups -OCH3 is 1. The van der Waals surface area contributed by atoms with E-state index in [0.717, 1.165) is 24.9 Å². The first-order valence-electron chi connectivity index (χ1n) is 7.51. The molecule has 1 amide bonds. The summed E-state index contributed by atoms with van der Waals surface area (Å²) in [6.45, 7) is 3.06. The third-order valence-electron chi connectivity index (χ3n) is 4.03. The molecule has 5 nitrogen and oxygen atoms in total. The summed E-state index contributed by atoms with van der Waals surface area (Å²) < 4.78 is 10.8. The maximum Gasteiger partial charge on any atom is 0.227 e.